The molecule has 6 rings (SSSR count). The van der Waals surface area contributed by atoms with Crippen molar-refractivity contribution in [2.24, 2.45) is 17.3 Å². The third-order valence-electron chi connectivity index (χ3n) is 10.0. The molecular weight excluding hydrogens is 783 g/mol. The van der Waals surface area contributed by atoms with Gasteiger partial charge in [-0.05, 0) is 94.0 Å². The summed E-state index contributed by atoms with van der Waals surface area (Å²) < 4.78 is 20.4. The number of carboxylic acids is 1. The van der Waals surface area contributed by atoms with E-state index in [0.717, 1.165) is 0 Å². The maximum Gasteiger partial charge on any atom is 1.00 e. The molecule has 0 radical (unpaired) electrons. The van der Waals surface area contributed by atoms with Crippen molar-refractivity contribution < 1.29 is 97.4 Å². The van der Waals surface area contributed by atoms with E-state index in [9.17, 15) is 48.9 Å². The van der Waals surface area contributed by atoms with Crippen LogP contribution in [0.1, 0.15) is 58.6 Å². The van der Waals surface area contributed by atoms with Crippen molar-refractivity contribution in [1.82, 2.24) is 20.4 Å². The van der Waals surface area contributed by atoms with Gasteiger partial charge in [0, 0.05) is 14.1 Å². The maximum atomic E-state index is 13.0. The van der Waals surface area contributed by atoms with Crippen LogP contribution in [0.15, 0.2) is 59.9 Å². The molecule has 18 nitrogen and oxygen atoms in total. The summed E-state index contributed by atoms with van der Waals surface area (Å²) in [6.45, 7) is 7.44. The first-order valence-electron chi connectivity index (χ1n) is 18.3. The maximum absolute atomic E-state index is 13.0. The Morgan fingerprint density at radius 2 is 1.19 bits per heavy atom. The van der Waals surface area contributed by atoms with Crippen LogP contribution in [0.25, 0.3) is 11.1 Å². The third kappa shape index (κ3) is 9.63. The van der Waals surface area contributed by atoms with E-state index in [-0.39, 0.29) is 64.8 Å². The van der Waals surface area contributed by atoms with E-state index in [1.807, 2.05) is 0 Å². The number of carbonyl (C=O) groups is 7. The first kappa shape index (κ1) is 46.4. The minimum absolute atomic E-state index is 0. The Bertz CT molecular complexity index is 2090. The van der Waals surface area contributed by atoms with E-state index in [4.69, 9.17) is 18.9 Å². The summed E-state index contributed by atoms with van der Waals surface area (Å²) in [4.78, 5) is 86.8. The van der Waals surface area contributed by atoms with Crippen molar-refractivity contribution in [3.05, 3.63) is 71.1 Å². The van der Waals surface area contributed by atoms with Crippen molar-refractivity contribution in [2.45, 2.75) is 71.8 Å². The van der Waals surface area contributed by atoms with Gasteiger partial charge in [-0.3, -0.25) is 14.4 Å². The summed E-state index contributed by atoms with van der Waals surface area (Å²) in [5, 5.41) is 36.0. The number of benzene rings is 2. The molecule has 19 heteroatoms. The molecule has 4 aliphatic rings. The average molecular weight is 829 g/mol. The SMILES string of the molecule is CNC(=O)Oc1cccc(C2=C(C(=O)OCOC(=O)C(C)(C)C)N3C(=O)[C@H]([C@@H](C)O)[C@H]3C2)c1.CNC(=O)Oc1cccc(C2=C(C(=O)[O-])N3C(=O)[C@H]([C@@H](C)O)[C@H]3C2)c1.[Na+]. The molecule has 6 atom stereocenters. The van der Waals surface area contributed by atoms with Crippen LogP contribution in [0, 0.1) is 17.3 Å². The van der Waals surface area contributed by atoms with Gasteiger partial charge >= 0.3 is 53.7 Å². The monoisotopic (exact) mass is 828 g/mol. The minimum Gasteiger partial charge on any atom is -0.543 e. The number of aliphatic carboxylic acids is 1. The summed E-state index contributed by atoms with van der Waals surface area (Å²) in [5.74, 6) is -4.41. The van der Waals surface area contributed by atoms with Gasteiger partial charge in [-0.1, -0.05) is 24.3 Å². The number of nitrogens with one attached hydrogen (secondary N) is 2. The van der Waals surface area contributed by atoms with Gasteiger partial charge in [0.2, 0.25) is 18.6 Å². The van der Waals surface area contributed by atoms with Gasteiger partial charge in [-0.2, -0.15) is 0 Å². The second-order valence-electron chi connectivity index (χ2n) is 15.0. The van der Waals surface area contributed by atoms with Crippen LogP contribution in [0.4, 0.5) is 9.59 Å². The topological polar surface area (TPSA) is 250 Å². The number of carboxylic acid groups (broad SMARTS) is 1. The zero-order valence-corrected chi connectivity index (χ0v) is 35.9. The number of carbonyl (C=O) groups excluding carboxylic acids is 7. The van der Waals surface area contributed by atoms with E-state index in [1.165, 1.54) is 43.8 Å². The smallest absolute Gasteiger partial charge is 0.543 e. The number of aliphatic hydroxyl groups excluding tert-OH is 2. The van der Waals surface area contributed by atoms with E-state index >= 15 is 0 Å². The van der Waals surface area contributed by atoms with Crippen LogP contribution >= 0.6 is 0 Å². The Labute approximate surface area is 361 Å². The van der Waals surface area contributed by atoms with Crippen molar-refractivity contribution >= 4 is 53.1 Å². The van der Waals surface area contributed by atoms with Crippen molar-refractivity contribution in [1.29, 1.82) is 0 Å². The van der Waals surface area contributed by atoms with E-state index < -0.39 is 84.3 Å². The number of hydrogen-bond donors (Lipinski definition) is 4. The number of rotatable bonds is 10. The normalized spacial score (nSPS) is 21.2. The molecule has 4 aliphatic heterocycles. The number of nitrogens with zero attached hydrogens (tertiary/aromatic N) is 2. The molecule has 2 aromatic carbocycles. The fourth-order valence-corrected chi connectivity index (χ4v) is 7.27. The molecule has 310 valence electrons. The fraction of sp³-hybridized carbons (Fsp3) is 0.425. The average Bonchev–Trinajstić information content (AvgIpc) is 3.68. The number of fused-ring (bicyclic) bond motifs is 2. The van der Waals surface area contributed by atoms with Crippen LogP contribution in [0.2, 0.25) is 0 Å². The van der Waals surface area contributed by atoms with Gasteiger partial charge in [-0.25, -0.2) is 14.4 Å². The number of esters is 2. The van der Waals surface area contributed by atoms with Crippen LogP contribution in [0.3, 0.4) is 0 Å². The van der Waals surface area contributed by atoms with Crippen molar-refractivity contribution in [3.8, 4) is 11.5 Å². The summed E-state index contributed by atoms with van der Waals surface area (Å²) in [6.07, 6.45) is -2.46. The molecule has 4 heterocycles. The Kier molecular flexibility index (Phi) is 14.8. The zero-order valence-electron chi connectivity index (χ0n) is 33.9. The Balaban J connectivity index is 0.000000265. The summed E-state index contributed by atoms with van der Waals surface area (Å²) in [6, 6.07) is 12.1. The largest absolute Gasteiger partial charge is 1.00 e. The molecule has 59 heavy (non-hydrogen) atoms. The Hall–Kier alpha value is -5.27. The molecular formula is C40H45N4NaO14. The minimum atomic E-state index is -1.45. The predicted molar refractivity (Wildman–Crippen MR) is 199 cm³/mol. The van der Waals surface area contributed by atoms with Crippen molar-refractivity contribution in [3.63, 3.8) is 0 Å². The number of hydrogen-bond acceptors (Lipinski definition) is 14. The third-order valence-corrected chi connectivity index (χ3v) is 10.0. The molecule has 4 N–H and O–H groups in total. The van der Waals surface area contributed by atoms with Crippen LogP contribution in [0.5, 0.6) is 11.5 Å². The Morgan fingerprint density at radius 1 is 0.763 bits per heavy atom. The molecule has 2 aromatic rings. The van der Waals surface area contributed by atoms with Gasteiger partial charge in [0.25, 0.3) is 0 Å². The summed E-state index contributed by atoms with van der Waals surface area (Å²) in [7, 11) is 2.85. The van der Waals surface area contributed by atoms with Gasteiger partial charge in [0.15, 0.2) is 0 Å². The second-order valence-corrected chi connectivity index (χ2v) is 15.0. The van der Waals surface area contributed by atoms with Crippen LogP contribution in [-0.4, -0.2) is 107 Å². The fourth-order valence-electron chi connectivity index (χ4n) is 7.27. The van der Waals surface area contributed by atoms with Crippen molar-refractivity contribution in [2.75, 3.05) is 20.9 Å². The molecule has 0 unspecified atom stereocenters. The molecule has 0 saturated carbocycles. The molecule has 0 aromatic heterocycles. The summed E-state index contributed by atoms with van der Waals surface area (Å²) in [5.41, 5.74) is 1.07. The molecule has 2 fully saturated rings. The first-order valence-corrected chi connectivity index (χ1v) is 18.3. The van der Waals surface area contributed by atoms with Gasteiger partial charge in [0.05, 0.1) is 53.2 Å². The standard InChI is InChI=1S/C23H28N2O8.C17H18N2O6.Na/c1-12(26)17-16-10-15(13-7-6-8-14(9-13)33-22(30)24-5)18(25(16)19(17)27)20(28)31-11-32-21(29)23(2,3)4;1-8(20)13-12-7-11(14(16(22)23)19(12)15(13)21)9-4-3-5-10(6-9)25-17(24)18-2;/h6-9,12,16-17,26H,10-11H2,1-5H3,(H,24,30);3-6,8,12-13,20H,7H2,1-2H3,(H,18,24)(H,22,23);/q;;+1/p-1/t12-,16-,17-;8-,12-,13-;/m11./s1. The number of β-lactam (4-membered cyclic amide) rings is 2. The van der Waals surface area contributed by atoms with E-state index in [1.54, 1.807) is 63.2 Å². The molecule has 4 amide bonds. The quantitative estimate of drug-likeness (QED) is 0.0903. The summed E-state index contributed by atoms with van der Waals surface area (Å²) >= 11 is 0. The van der Waals surface area contributed by atoms with Gasteiger partial charge < -0.3 is 59.5 Å². The van der Waals surface area contributed by atoms with Crippen LogP contribution in [-0.2, 0) is 33.4 Å². The van der Waals surface area contributed by atoms with E-state index in [2.05, 4.69) is 10.6 Å². The molecule has 0 spiro atoms. The molecule has 0 bridgehead atoms. The number of ether oxygens (including phenoxy) is 4. The number of amides is 4. The first-order chi connectivity index (χ1) is 27.3. The predicted octanol–water partition coefficient (Wildman–Crippen LogP) is -1.70. The Morgan fingerprint density at radius 3 is 1.58 bits per heavy atom. The van der Waals surface area contributed by atoms with E-state index in [0.29, 0.717) is 28.7 Å². The zero-order chi connectivity index (χ0) is 42.8. The number of aliphatic hydroxyl groups is 2. The molecule has 0 aliphatic carbocycles. The second kappa shape index (κ2) is 18.8. The van der Waals surface area contributed by atoms with Gasteiger partial charge in [0.1, 0.15) is 17.2 Å². The molecule has 2 saturated heterocycles. The van der Waals surface area contributed by atoms with Crippen LogP contribution < -0.4 is 54.8 Å². The van der Waals surface area contributed by atoms with Gasteiger partial charge in [-0.15, -0.1) is 0 Å².